The van der Waals surface area contributed by atoms with E-state index in [9.17, 15) is 25.3 Å². The molecule has 0 unspecified atom stereocenters. The lowest BCUT2D eigenvalue weighted by Gasteiger charge is -2.33. The molecule has 0 aliphatic carbocycles. The normalized spacial score (nSPS) is 12.0. The first-order valence-electron chi connectivity index (χ1n) is 11.7. The number of aryl methyl sites for hydroxylation is 1. The lowest BCUT2D eigenvalue weighted by Crippen LogP contribution is -2.44. The van der Waals surface area contributed by atoms with Gasteiger partial charge in [-0.25, -0.2) is 12.7 Å². The number of hydrogen-bond acceptors (Lipinski definition) is 6. The average molecular weight is 583 g/mol. The van der Waals surface area contributed by atoms with Crippen molar-refractivity contribution >= 4 is 30.1 Å². The van der Waals surface area contributed by atoms with E-state index in [2.05, 4.69) is 6.58 Å². The first-order valence-corrected chi connectivity index (χ1v) is 16.0. The summed E-state index contributed by atoms with van der Waals surface area (Å²) in [6.07, 6.45) is 0. The first-order chi connectivity index (χ1) is 18.5. The second kappa shape index (κ2) is 11.0. The van der Waals surface area contributed by atoms with Gasteiger partial charge in [-0.05, 0) is 48.9 Å². The van der Waals surface area contributed by atoms with Gasteiger partial charge in [0.05, 0.1) is 21.2 Å². The molecule has 0 spiro atoms. The van der Waals surface area contributed by atoms with Crippen LogP contribution in [0, 0.1) is 6.92 Å². The van der Waals surface area contributed by atoms with Crippen LogP contribution in [0.5, 0.6) is 0 Å². The summed E-state index contributed by atoms with van der Waals surface area (Å²) in [6.45, 7) is 5.17. The summed E-state index contributed by atoms with van der Waals surface area (Å²) >= 11 is 0. The van der Waals surface area contributed by atoms with Gasteiger partial charge in [-0.1, -0.05) is 91.0 Å². The Morgan fingerprint density at radius 1 is 0.564 bits per heavy atom. The summed E-state index contributed by atoms with van der Waals surface area (Å²) < 4.78 is 84.4. The third-order valence-corrected chi connectivity index (χ3v) is 11.8. The smallest absolute Gasteiger partial charge is 0.246 e. The Morgan fingerprint density at radius 2 is 0.949 bits per heavy atom. The van der Waals surface area contributed by atoms with Gasteiger partial charge in [0.25, 0.3) is 30.1 Å². The van der Waals surface area contributed by atoms with Crippen molar-refractivity contribution in [3.8, 4) is 0 Å². The van der Waals surface area contributed by atoms with Crippen molar-refractivity contribution in [1.82, 2.24) is 8.02 Å². The lowest BCUT2D eigenvalue weighted by atomic mass is 10.2. The van der Waals surface area contributed by atoms with Gasteiger partial charge in [0.15, 0.2) is 0 Å². The van der Waals surface area contributed by atoms with Crippen LogP contribution in [0.1, 0.15) is 11.1 Å². The average Bonchev–Trinajstić information content (AvgIpc) is 2.93. The Labute approximate surface area is 229 Å². The zero-order valence-corrected chi connectivity index (χ0v) is 23.4. The van der Waals surface area contributed by atoms with Crippen LogP contribution in [0.4, 0.5) is 0 Å². The molecule has 39 heavy (non-hydrogen) atoms. The van der Waals surface area contributed by atoms with Crippen LogP contribution in [0.2, 0.25) is 0 Å². The zero-order chi connectivity index (χ0) is 28.3. The summed E-state index contributed by atoms with van der Waals surface area (Å²) in [6, 6.07) is 28.2. The second-order valence-electron chi connectivity index (χ2n) is 8.56. The minimum absolute atomic E-state index is 0.0966. The van der Waals surface area contributed by atoms with E-state index in [1.54, 1.807) is 61.5 Å². The molecule has 0 saturated carbocycles. The van der Waals surface area contributed by atoms with Gasteiger partial charge >= 0.3 is 0 Å². The Bertz CT molecular complexity index is 1710. The van der Waals surface area contributed by atoms with E-state index in [0.29, 0.717) is 9.87 Å². The summed E-state index contributed by atoms with van der Waals surface area (Å²) in [5.74, 6) is -0.771. The fourth-order valence-corrected chi connectivity index (χ4v) is 8.98. The molecule has 4 rings (SSSR count). The van der Waals surface area contributed by atoms with Crippen molar-refractivity contribution < 1.29 is 25.3 Å². The number of hydrogen-bond donors (Lipinski definition) is 0. The highest BCUT2D eigenvalue weighted by atomic mass is 32.3. The van der Waals surface area contributed by atoms with Gasteiger partial charge in [0.2, 0.25) is 0 Å². The minimum Gasteiger partial charge on any atom is -0.246 e. The predicted octanol–water partition coefficient (Wildman–Crippen LogP) is 4.74. The number of benzene rings is 4. The van der Waals surface area contributed by atoms with Crippen LogP contribution in [-0.4, -0.2) is 33.3 Å². The molecular formula is C28H26N2O6S3. The third kappa shape index (κ3) is 5.75. The lowest BCUT2D eigenvalue weighted by molar-refractivity contribution is 0.417. The Balaban J connectivity index is 1.96. The minimum atomic E-state index is -4.85. The van der Waals surface area contributed by atoms with Gasteiger partial charge in [-0.2, -0.15) is 16.8 Å². The molecule has 11 heteroatoms. The molecule has 202 valence electrons. The van der Waals surface area contributed by atoms with Crippen LogP contribution >= 0.6 is 0 Å². The molecule has 0 atom stereocenters. The summed E-state index contributed by atoms with van der Waals surface area (Å²) in [7, 11) is -14.2. The van der Waals surface area contributed by atoms with Crippen LogP contribution in [0.3, 0.4) is 0 Å². The zero-order valence-electron chi connectivity index (χ0n) is 21.0. The molecule has 0 heterocycles. The van der Waals surface area contributed by atoms with E-state index in [-0.39, 0.29) is 24.9 Å². The summed E-state index contributed by atoms with van der Waals surface area (Å²) in [4.78, 5) is -0.851. The van der Waals surface area contributed by atoms with E-state index < -0.39 is 35.9 Å². The monoisotopic (exact) mass is 582 g/mol. The van der Waals surface area contributed by atoms with Crippen LogP contribution < -0.4 is 0 Å². The maximum atomic E-state index is 14.0. The van der Waals surface area contributed by atoms with Crippen molar-refractivity contribution in [1.29, 1.82) is 0 Å². The fourth-order valence-electron chi connectivity index (χ4n) is 3.78. The molecule has 0 N–H and O–H groups in total. The predicted molar refractivity (Wildman–Crippen MR) is 149 cm³/mol. The Morgan fingerprint density at radius 3 is 1.38 bits per heavy atom. The summed E-state index contributed by atoms with van der Waals surface area (Å²) in [5, 5.41) is 0. The van der Waals surface area contributed by atoms with Crippen LogP contribution in [0.25, 0.3) is 0 Å². The molecule has 0 aliphatic heterocycles. The molecule has 0 amide bonds. The van der Waals surface area contributed by atoms with Gasteiger partial charge in [0, 0.05) is 0 Å². The fraction of sp³-hybridized carbons (Fsp3) is 0.0714. The van der Waals surface area contributed by atoms with Crippen molar-refractivity contribution in [2.24, 2.45) is 0 Å². The molecule has 0 saturated heterocycles. The highest BCUT2D eigenvalue weighted by Crippen LogP contribution is 2.33. The van der Waals surface area contributed by atoms with Crippen molar-refractivity contribution in [2.45, 2.75) is 28.2 Å². The Hall–Kier alpha value is -3.93. The molecule has 0 aliphatic rings. The van der Waals surface area contributed by atoms with Crippen LogP contribution in [0.15, 0.2) is 142 Å². The molecule has 0 radical (unpaired) electrons. The van der Waals surface area contributed by atoms with E-state index in [0.717, 1.165) is 5.56 Å². The van der Waals surface area contributed by atoms with Crippen molar-refractivity contribution in [3.05, 3.63) is 139 Å². The van der Waals surface area contributed by atoms with Gasteiger partial charge in [-0.15, -0.1) is 3.71 Å². The highest BCUT2D eigenvalue weighted by Gasteiger charge is 2.42. The SMILES string of the molecule is C=C(N(Cc1ccccc1)S(=O)(=O)c1ccc(C)cc1)N(S(=O)(=O)c1ccccc1)S(=O)(=O)c1ccccc1. The quantitative estimate of drug-likeness (QED) is 0.267. The molecule has 4 aromatic carbocycles. The molecule has 8 nitrogen and oxygen atoms in total. The van der Waals surface area contributed by atoms with E-state index in [1.165, 1.54) is 60.7 Å². The molecular weight excluding hydrogens is 557 g/mol. The van der Waals surface area contributed by atoms with Crippen LogP contribution in [-0.2, 0) is 36.6 Å². The number of sulfonamides is 3. The van der Waals surface area contributed by atoms with Gasteiger partial charge in [0.1, 0.15) is 5.82 Å². The number of rotatable bonds is 10. The van der Waals surface area contributed by atoms with Gasteiger partial charge in [-0.3, -0.25) is 0 Å². The molecule has 0 aromatic heterocycles. The number of nitrogens with zero attached hydrogens (tertiary/aromatic N) is 2. The maximum absolute atomic E-state index is 14.0. The topological polar surface area (TPSA) is 109 Å². The molecule has 4 aromatic rings. The first kappa shape index (κ1) is 28.1. The molecule has 0 fully saturated rings. The van der Waals surface area contributed by atoms with E-state index >= 15 is 0 Å². The maximum Gasteiger partial charge on any atom is 0.278 e. The molecule has 0 bridgehead atoms. The van der Waals surface area contributed by atoms with E-state index in [4.69, 9.17) is 0 Å². The summed E-state index contributed by atoms with van der Waals surface area (Å²) in [5.41, 5.74) is 1.30. The van der Waals surface area contributed by atoms with Gasteiger partial charge < -0.3 is 0 Å². The van der Waals surface area contributed by atoms with Crippen molar-refractivity contribution in [2.75, 3.05) is 0 Å². The Kier molecular flexibility index (Phi) is 7.96. The third-order valence-electron chi connectivity index (χ3n) is 5.80. The second-order valence-corrected chi connectivity index (χ2v) is 14.2. The van der Waals surface area contributed by atoms with Crippen molar-refractivity contribution in [3.63, 3.8) is 0 Å². The largest absolute Gasteiger partial charge is 0.278 e. The standard InChI is InChI=1S/C28H26N2O6S3/c1-23-18-20-28(21-19-23)37(31,32)29(22-25-12-6-3-7-13-25)24(2)30(38(33,34)26-14-8-4-9-15-26)39(35,36)27-16-10-5-11-17-27/h3-21H,2,22H2,1H3. The highest BCUT2D eigenvalue weighted by molar-refractivity contribution is 8.04. The van der Waals surface area contributed by atoms with E-state index in [1.807, 2.05) is 0 Å².